The Bertz CT molecular complexity index is 1080. The van der Waals surface area contributed by atoms with Crippen molar-refractivity contribution in [2.45, 2.75) is 37.9 Å². The van der Waals surface area contributed by atoms with E-state index >= 15 is 0 Å². The zero-order chi connectivity index (χ0) is 22.7. The Kier molecular flexibility index (Phi) is 6.51. The molecule has 6 heteroatoms. The Morgan fingerprint density at radius 1 is 1.03 bits per heavy atom. The van der Waals surface area contributed by atoms with Crippen LogP contribution in [0.15, 0.2) is 61.2 Å². The number of nitrogens with one attached hydrogen (secondary N) is 1. The number of aryl methyl sites for hydroxylation is 2. The van der Waals surface area contributed by atoms with Gasteiger partial charge in [0.05, 0.1) is 11.3 Å². The van der Waals surface area contributed by atoms with Crippen LogP contribution in [0, 0.1) is 0 Å². The number of likely N-dealkylation sites (tertiary alicyclic amines) is 1. The third kappa shape index (κ3) is 5.13. The quantitative estimate of drug-likeness (QED) is 0.503. The predicted molar refractivity (Wildman–Crippen MR) is 125 cm³/mol. The monoisotopic (exact) mass is 439 g/mol. The molecule has 0 spiro atoms. The van der Waals surface area contributed by atoms with Gasteiger partial charge in [-0.3, -0.25) is 4.98 Å². The first-order valence-corrected chi connectivity index (χ1v) is 11.0. The number of hydrogen-bond donors (Lipinski definition) is 1. The van der Waals surface area contributed by atoms with E-state index in [0.717, 1.165) is 42.6 Å². The molecule has 2 heterocycles. The third-order valence-corrected chi connectivity index (χ3v) is 6.15. The molecule has 1 N–H and O–H groups in total. The van der Waals surface area contributed by atoms with Gasteiger partial charge in [0.25, 0.3) is 0 Å². The molecule has 1 aliphatic heterocycles. The lowest BCUT2D eigenvalue weighted by Gasteiger charge is -2.30. The molecular formula is C26H28F3N3. The van der Waals surface area contributed by atoms with Crippen LogP contribution in [0.4, 0.5) is 18.9 Å². The number of alkyl halides is 3. The lowest BCUT2D eigenvalue weighted by atomic mass is 9.99. The number of allylic oxidation sites excluding steroid dienone is 1. The number of piperidine rings is 1. The molecule has 0 radical (unpaired) electrons. The van der Waals surface area contributed by atoms with Gasteiger partial charge in [0.15, 0.2) is 0 Å². The van der Waals surface area contributed by atoms with Crippen LogP contribution in [-0.4, -0.2) is 42.2 Å². The van der Waals surface area contributed by atoms with E-state index in [1.54, 1.807) is 12.1 Å². The average Bonchev–Trinajstić information content (AvgIpc) is 2.78. The SMILES string of the molecule is C=C(c1nc(CCc2ccccc2)cc2c(NC3CCN(C)CC3)cccc12)C(F)(F)F. The number of pyridine rings is 1. The molecule has 1 aromatic heterocycles. The van der Waals surface area contributed by atoms with E-state index in [1.807, 2.05) is 42.5 Å². The number of anilines is 1. The number of fused-ring (bicyclic) bond motifs is 1. The van der Waals surface area contributed by atoms with Crippen LogP contribution in [-0.2, 0) is 12.8 Å². The van der Waals surface area contributed by atoms with Gasteiger partial charge in [0.2, 0.25) is 0 Å². The summed E-state index contributed by atoms with van der Waals surface area (Å²) >= 11 is 0. The van der Waals surface area contributed by atoms with Gasteiger partial charge in [-0.25, -0.2) is 0 Å². The summed E-state index contributed by atoms with van der Waals surface area (Å²) in [7, 11) is 2.11. The first-order valence-electron chi connectivity index (χ1n) is 11.0. The highest BCUT2D eigenvalue weighted by atomic mass is 19.4. The Morgan fingerprint density at radius 3 is 2.44 bits per heavy atom. The number of aromatic nitrogens is 1. The van der Waals surface area contributed by atoms with Crippen LogP contribution in [0.1, 0.15) is 29.8 Å². The Morgan fingerprint density at radius 2 is 1.75 bits per heavy atom. The summed E-state index contributed by atoms with van der Waals surface area (Å²) < 4.78 is 40.8. The Balaban J connectivity index is 1.72. The van der Waals surface area contributed by atoms with Crippen molar-refractivity contribution in [1.29, 1.82) is 0 Å². The molecule has 1 aliphatic rings. The summed E-state index contributed by atoms with van der Waals surface area (Å²) in [6.45, 7) is 5.35. The summed E-state index contributed by atoms with van der Waals surface area (Å²) in [6.07, 6.45) is -1.26. The molecule has 1 saturated heterocycles. The topological polar surface area (TPSA) is 28.2 Å². The molecule has 0 saturated carbocycles. The fourth-order valence-electron chi connectivity index (χ4n) is 4.24. The minimum atomic E-state index is -4.53. The maximum atomic E-state index is 13.6. The fraction of sp³-hybridized carbons (Fsp3) is 0.346. The number of rotatable bonds is 6. The highest BCUT2D eigenvalue weighted by molar-refractivity contribution is 6.00. The highest BCUT2D eigenvalue weighted by Gasteiger charge is 2.35. The van der Waals surface area contributed by atoms with E-state index in [9.17, 15) is 13.2 Å². The summed E-state index contributed by atoms with van der Waals surface area (Å²) in [5, 5.41) is 4.83. The van der Waals surface area contributed by atoms with Crippen molar-refractivity contribution >= 4 is 22.0 Å². The van der Waals surface area contributed by atoms with Crippen LogP contribution in [0.2, 0.25) is 0 Å². The molecule has 0 amide bonds. The summed E-state index contributed by atoms with van der Waals surface area (Å²) in [5.41, 5.74) is 1.64. The van der Waals surface area contributed by atoms with Crippen molar-refractivity contribution in [3.8, 4) is 0 Å². The molecule has 3 aromatic rings. The molecule has 0 bridgehead atoms. The molecule has 0 atom stereocenters. The summed E-state index contributed by atoms with van der Waals surface area (Å²) in [4.78, 5) is 6.72. The zero-order valence-corrected chi connectivity index (χ0v) is 18.3. The molecule has 0 aliphatic carbocycles. The van der Waals surface area contributed by atoms with Crippen molar-refractivity contribution in [2.24, 2.45) is 0 Å². The maximum absolute atomic E-state index is 13.6. The van der Waals surface area contributed by atoms with Crippen molar-refractivity contribution < 1.29 is 13.2 Å². The zero-order valence-electron chi connectivity index (χ0n) is 18.3. The summed E-state index contributed by atoms with van der Waals surface area (Å²) in [6, 6.07) is 17.6. The van der Waals surface area contributed by atoms with Crippen molar-refractivity contribution in [2.75, 3.05) is 25.5 Å². The van der Waals surface area contributed by atoms with Gasteiger partial charge in [-0.1, -0.05) is 49.0 Å². The van der Waals surface area contributed by atoms with Crippen LogP contribution >= 0.6 is 0 Å². The molecule has 168 valence electrons. The first-order chi connectivity index (χ1) is 15.3. The lowest BCUT2D eigenvalue weighted by molar-refractivity contribution is -0.0688. The van der Waals surface area contributed by atoms with Crippen LogP contribution < -0.4 is 5.32 Å². The van der Waals surface area contributed by atoms with Gasteiger partial charge in [0.1, 0.15) is 0 Å². The second-order valence-electron chi connectivity index (χ2n) is 8.55. The molecule has 0 unspecified atom stereocenters. The van der Waals surface area contributed by atoms with E-state index in [-0.39, 0.29) is 5.69 Å². The third-order valence-electron chi connectivity index (χ3n) is 6.15. The fourth-order valence-corrected chi connectivity index (χ4v) is 4.24. The molecule has 32 heavy (non-hydrogen) atoms. The van der Waals surface area contributed by atoms with Crippen molar-refractivity contribution in [3.05, 3.63) is 78.1 Å². The van der Waals surface area contributed by atoms with E-state index < -0.39 is 11.7 Å². The number of nitrogens with zero attached hydrogens (tertiary/aromatic N) is 2. The van der Waals surface area contributed by atoms with Gasteiger partial charge in [-0.05, 0) is 63.5 Å². The van der Waals surface area contributed by atoms with Gasteiger partial charge in [-0.2, -0.15) is 13.2 Å². The van der Waals surface area contributed by atoms with Crippen LogP contribution in [0.25, 0.3) is 16.3 Å². The standard InChI is InChI=1S/C26H28F3N3/c1-18(26(27,28)29)25-22-9-6-10-24(30-20-13-15-32(2)16-14-20)23(22)17-21(31-25)12-11-19-7-4-3-5-8-19/h3-10,17,20,30H,1,11-16H2,2H3. The molecule has 1 fully saturated rings. The van der Waals surface area contributed by atoms with Gasteiger partial charge in [-0.15, -0.1) is 0 Å². The van der Waals surface area contributed by atoms with Crippen molar-refractivity contribution in [3.63, 3.8) is 0 Å². The second-order valence-corrected chi connectivity index (χ2v) is 8.55. The molecule has 2 aromatic carbocycles. The molecule has 4 rings (SSSR count). The second kappa shape index (κ2) is 9.33. The smallest absolute Gasteiger partial charge is 0.382 e. The van der Waals surface area contributed by atoms with E-state index in [2.05, 4.69) is 28.8 Å². The Hall–Kier alpha value is -2.86. The van der Waals surface area contributed by atoms with Gasteiger partial charge >= 0.3 is 6.18 Å². The minimum absolute atomic E-state index is 0.0786. The average molecular weight is 440 g/mol. The lowest BCUT2D eigenvalue weighted by Crippen LogP contribution is -2.36. The largest absolute Gasteiger partial charge is 0.417 e. The first kappa shape index (κ1) is 22.3. The van der Waals surface area contributed by atoms with E-state index in [4.69, 9.17) is 0 Å². The number of hydrogen-bond acceptors (Lipinski definition) is 3. The van der Waals surface area contributed by atoms with Gasteiger partial charge in [0, 0.05) is 28.2 Å². The predicted octanol–water partition coefficient (Wildman–Crippen LogP) is 6.10. The van der Waals surface area contributed by atoms with E-state index in [0.29, 0.717) is 30.0 Å². The number of halogens is 3. The van der Waals surface area contributed by atoms with Crippen molar-refractivity contribution in [1.82, 2.24) is 9.88 Å². The normalized spacial score (nSPS) is 15.8. The Labute approximate surface area is 187 Å². The van der Waals surface area contributed by atoms with Gasteiger partial charge < -0.3 is 10.2 Å². The van der Waals surface area contributed by atoms with Crippen LogP contribution in [0.3, 0.4) is 0 Å². The number of benzene rings is 2. The minimum Gasteiger partial charge on any atom is -0.382 e. The van der Waals surface area contributed by atoms with E-state index in [1.165, 1.54) is 0 Å². The molecule has 3 nitrogen and oxygen atoms in total. The summed E-state index contributed by atoms with van der Waals surface area (Å²) in [5.74, 6) is 0. The van der Waals surface area contributed by atoms with Crippen LogP contribution in [0.5, 0.6) is 0 Å². The maximum Gasteiger partial charge on any atom is 0.417 e. The molecular weight excluding hydrogens is 411 g/mol. The highest BCUT2D eigenvalue weighted by Crippen LogP contribution is 2.37.